The Morgan fingerprint density at radius 3 is 2.69 bits per heavy atom. The summed E-state index contributed by atoms with van der Waals surface area (Å²) in [6, 6.07) is 13.1. The van der Waals surface area contributed by atoms with Gasteiger partial charge in [0, 0.05) is 49.0 Å². The van der Waals surface area contributed by atoms with Crippen molar-refractivity contribution in [2.75, 3.05) is 51.3 Å². The minimum absolute atomic E-state index is 0.0592. The SMILES string of the molecule is Cc1ccc(NC(=O)COc2ccc(Cl)cc2CNCCN2CCOCC2)cc1. The van der Waals surface area contributed by atoms with Crippen molar-refractivity contribution in [1.82, 2.24) is 10.2 Å². The summed E-state index contributed by atoms with van der Waals surface area (Å²) in [6.45, 7) is 7.96. The quantitative estimate of drug-likeness (QED) is 0.614. The lowest BCUT2D eigenvalue weighted by molar-refractivity contribution is -0.118. The van der Waals surface area contributed by atoms with Gasteiger partial charge in [-0.15, -0.1) is 0 Å². The van der Waals surface area contributed by atoms with Gasteiger partial charge in [-0.1, -0.05) is 29.3 Å². The van der Waals surface area contributed by atoms with Crippen LogP contribution in [0.15, 0.2) is 42.5 Å². The van der Waals surface area contributed by atoms with Gasteiger partial charge in [-0.3, -0.25) is 9.69 Å². The highest BCUT2D eigenvalue weighted by Gasteiger charge is 2.11. The first-order valence-electron chi connectivity index (χ1n) is 9.89. The number of hydrogen-bond acceptors (Lipinski definition) is 5. The van der Waals surface area contributed by atoms with Crippen LogP contribution >= 0.6 is 11.6 Å². The number of carbonyl (C=O) groups is 1. The lowest BCUT2D eigenvalue weighted by Gasteiger charge is -2.26. The molecule has 6 nitrogen and oxygen atoms in total. The Bertz CT molecular complexity index is 792. The predicted octanol–water partition coefficient (Wildman–Crippen LogP) is 3.09. The zero-order valence-electron chi connectivity index (χ0n) is 16.7. The van der Waals surface area contributed by atoms with Crippen molar-refractivity contribution in [2.45, 2.75) is 13.5 Å². The third-order valence-electron chi connectivity index (χ3n) is 4.74. The fraction of sp³-hybridized carbons (Fsp3) is 0.409. The van der Waals surface area contributed by atoms with Crippen molar-refractivity contribution in [3.8, 4) is 5.75 Å². The van der Waals surface area contributed by atoms with Gasteiger partial charge < -0.3 is 20.1 Å². The number of nitrogens with one attached hydrogen (secondary N) is 2. The molecule has 0 radical (unpaired) electrons. The van der Waals surface area contributed by atoms with E-state index in [1.165, 1.54) is 0 Å². The third-order valence-corrected chi connectivity index (χ3v) is 4.98. The summed E-state index contributed by atoms with van der Waals surface area (Å²) in [4.78, 5) is 14.6. The van der Waals surface area contributed by atoms with E-state index in [1.807, 2.05) is 37.3 Å². The molecule has 3 rings (SSSR count). The van der Waals surface area contributed by atoms with Gasteiger partial charge in [0.05, 0.1) is 13.2 Å². The van der Waals surface area contributed by atoms with Crippen LogP contribution in [0.1, 0.15) is 11.1 Å². The number of nitrogens with zero attached hydrogens (tertiary/aromatic N) is 1. The predicted molar refractivity (Wildman–Crippen MR) is 116 cm³/mol. The summed E-state index contributed by atoms with van der Waals surface area (Å²) >= 11 is 6.15. The van der Waals surface area contributed by atoms with E-state index in [-0.39, 0.29) is 12.5 Å². The summed E-state index contributed by atoms with van der Waals surface area (Å²) in [6.07, 6.45) is 0. The van der Waals surface area contributed by atoms with Crippen LogP contribution in [0.4, 0.5) is 5.69 Å². The molecule has 1 aliphatic rings. The molecule has 0 unspecified atom stereocenters. The number of hydrogen-bond donors (Lipinski definition) is 2. The van der Waals surface area contributed by atoms with Crippen LogP contribution < -0.4 is 15.4 Å². The summed E-state index contributed by atoms with van der Waals surface area (Å²) in [5.74, 6) is 0.461. The average molecular weight is 418 g/mol. The number of morpholine rings is 1. The lowest BCUT2D eigenvalue weighted by atomic mass is 10.2. The lowest BCUT2D eigenvalue weighted by Crippen LogP contribution is -2.40. The van der Waals surface area contributed by atoms with Crippen LogP contribution in [0.25, 0.3) is 0 Å². The van der Waals surface area contributed by atoms with E-state index >= 15 is 0 Å². The number of benzene rings is 2. The molecule has 29 heavy (non-hydrogen) atoms. The molecule has 2 aromatic rings. The second kappa shape index (κ2) is 11.2. The van der Waals surface area contributed by atoms with Crippen molar-refractivity contribution in [1.29, 1.82) is 0 Å². The summed E-state index contributed by atoms with van der Waals surface area (Å²) in [5.41, 5.74) is 2.83. The van der Waals surface area contributed by atoms with Crippen LogP contribution in [0.5, 0.6) is 5.75 Å². The van der Waals surface area contributed by atoms with E-state index in [2.05, 4.69) is 15.5 Å². The average Bonchev–Trinajstić information content (AvgIpc) is 2.73. The number of aryl methyl sites for hydroxylation is 1. The van der Waals surface area contributed by atoms with Crippen molar-refractivity contribution in [2.24, 2.45) is 0 Å². The van der Waals surface area contributed by atoms with Crippen molar-refractivity contribution in [3.05, 3.63) is 58.6 Å². The molecule has 7 heteroatoms. The molecule has 2 N–H and O–H groups in total. The van der Waals surface area contributed by atoms with Crippen LogP contribution in [-0.4, -0.2) is 56.8 Å². The van der Waals surface area contributed by atoms with E-state index < -0.39 is 0 Å². The summed E-state index contributed by atoms with van der Waals surface area (Å²) in [5, 5.41) is 6.91. The second-order valence-electron chi connectivity index (χ2n) is 7.09. The second-order valence-corrected chi connectivity index (χ2v) is 7.52. The molecule has 0 aromatic heterocycles. The Morgan fingerprint density at radius 2 is 1.93 bits per heavy atom. The fourth-order valence-corrected chi connectivity index (χ4v) is 3.28. The van der Waals surface area contributed by atoms with Crippen LogP contribution in [0.3, 0.4) is 0 Å². The van der Waals surface area contributed by atoms with E-state index in [1.54, 1.807) is 12.1 Å². The number of amides is 1. The van der Waals surface area contributed by atoms with Gasteiger partial charge in [-0.25, -0.2) is 0 Å². The van der Waals surface area contributed by atoms with Gasteiger partial charge >= 0.3 is 0 Å². The van der Waals surface area contributed by atoms with E-state index in [4.69, 9.17) is 21.1 Å². The number of anilines is 1. The minimum Gasteiger partial charge on any atom is -0.483 e. The number of carbonyl (C=O) groups excluding carboxylic acids is 1. The standard InChI is InChI=1S/C22H28ClN3O3/c1-17-2-5-20(6-3-17)25-22(27)16-29-21-7-4-19(23)14-18(21)15-24-8-9-26-10-12-28-13-11-26/h2-7,14,24H,8-13,15-16H2,1H3,(H,25,27). The largest absolute Gasteiger partial charge is 0.483 e. The molecule has 2 aromatic carbocycles. The normalized spacial score (nSPS) is 14.6. The molecule has 0 spiro atoms. The van der Waals surface area contributed by atoms with Crippen molar-refractivity contribution < 1.29 is 14.3 Å². The molecule has 1 aliphatic heterocycles. The minimum atomic E-state index is -0.199. The topological polar surface area (TPSA) is 62.8 Å². The highest BCUT2D eigenvalue weighted by Crippen LogP contribution is 2.23. The third kappa shape index (κ3) is 7.33. The molecule has 0 bridgehead atoms. The zero-order valence-corrected chi connectivity index (χ0v) is 17.5. The first kappa shape index (κ1) is 21.6. The van der Waals surface area contributed by atoms with Crippen LogP contribution in [-0.2, 0) is 16.1 Å². The molecular formula is C22H28ClN3O3. The maximum absolute atomic E-state index is 12.2. The molecule has 0 saturated carbocycles. The molecule has 156 valence electrons. The Balaban J connectivity index is 1.47. The Morgan fingerprint density at radius 1 is 1.17 bits per heavy atom. The highest BCUT2D eigenvalue weighted by atomic mass is 35.5. The van der Waals surface area contributed by atoms with E-state index in [9.17, 15) is 4.79 Å². The number of ether oxygens (including phenoxy) is 2. The van der Waals surface area contributed by atoms with Gasteiger partial charge in [-0.2, -0.15) is 0 Å². The van der Waals surface area contributed by atoms with E-state index in [0.717, 1.165) is 56.2 Å². The van der Waals surface area contributed by atoms with E-state index in [0.29, 0.717) is 17.3 Å². The smallest absolute Gasteiger partial charge is 0.262 e. The Kier molecular flexibility index (Phi) is 8.31. The summed E-state index contributed by atoms with van der Waals surface area (Å²) < 4.78 is 11.1. The number of halogens is 1. The molecule has 0 aliphatic carbocycles. The maximum atomic E-state index is 12.2. The summed E-state index contributed by atoms with van der Waals surface area (Å²) in [7, 11) is 0. The van der Waals surface area contributed by atoms with Crippen LogP contribution in [0, 0.1) is 6.92 Å². The fourth-order valence-electron chi connectivity index (χ4n) is 3.09. The molecular weight excluding hydrogens is 390 g/mol. The highest BCUT2D eigenvalue weighted by molar-refractivity contribution is 6.30. The molecule has 0 atom stereocenters. The van der Waals surface area contributed by atoms with Crippen molar-refractivity contribution >= 4 is 23.2 Å². The monoisotopic (exact) mass is 417 g/mol. The van der Waals surface area contributed by atoms with Crippen molar-refractivity contribution in [3.63, 3.8) is 0 Å². The zero-order chi connectivity index (χ0) is 20.5. The maximum Gasteiger partial charge on any atom is 0.262 e. The van der Waals surface area contributed by atoms with Crippen LogP contribution in [0.2, 0.25) is 5.02 Å². The van der Waals surface area contributed by atoms with Gasteiger partial charge in [-0.05, 0) is 37.3 Å². The number of rotatable bonds is 9. The van der Waals surface area contributed by atoms with Gasteiger partial charge in [0.1, 0.15) is 5.75 Å². The molecule has 1 heterocycles. The van der Waals surface area contributed by atoms with Gasteiger partial charge in [0.15, 0.2) is 6.61 Å². The van der Waals surface area contributed by atoms with Gasteiger partial charge in [0.25, 0.3) is 5.91 Å². The molecule has 1 fully saturated rings. The Hall–Kier alpha value is -2.12. The van der Waals surface area contributed by atoms with Gasteiger partial charge in [0.2, 0.25) is 0 Å². The Labute approximate surface area is 177 Å². The first-order valence-corrected chi connectivity index (χ1v) is 10.3. The molecule has 1 saturated heterocycles. The first-order chi connectivity index (χ1) is 14.1. The molecule has 1 amide bonds.